The van der Waals surface area contributed by atoms with Crippen LogP contribution in [0.5, 0.6) is 0 Å². The van der Waals surface area contributed by atoms with Crippen molar-refractivity contribution in [3.63, 3.8) is 0 Å². The molecule has 0 aliphatic carbocycles. The van der Waals surface area contributed by atoms with Gasteiger partial charge in [-0.2, -0.15) is 5.10 Å². The number of rotatable bonds is 2. The summed E-state index contributed by atoms with van der Waals surface area (Å²) < 4.78 is 1.73. The van der Waals surface area contributed by atoms with Crippen molar-refractivity contribution in [2.75, 3.05) is 5.73 Å². The normalized spacial score (nSPS) is 10.4. The number of nitrogen functional groups attached to an aromatic ring is 1. The maximum atomic E-state index is 11.2. The van der Waals surface area contributed by atoms with Gasteiger partial charge in [-0.25, -0.2) is 4.68 Å². The number of ketones is 1. The molecule has 1 aromatic heterocycles. The van der Waals surface area contributed by atoms with Gasteiger partial charge in [0.15, 0.2) is 5.78 Å². The number of aryl methyl sites for hydroxylation is 1. The lowest BCUT2D eigenvalue weighted by Crippen LogP contribution is -2.02. The van der Waals surface area contributed by atoms with Gasteiger partial charge in [-0.1, -0.05) is 0 Å². The van der Waals surface area contributed by atoms with Crippen LogP contribution in [0.2, 0.25) is 0 Å². The smallest absolute Gasteiger partial charge is 0.161 e. The van der Waals surface area contributed by atoms with Crippen LogP contribution in [0, 0.1) is 6.92 Å². The third kappa shape index (κ3) is 1.82. The first-order chi connectivity index (χ1) is 7.58. The maximum Gasteiger partial charge on any atom is 0.161 e. The summed E-state index contributed by atoms with van der Waals surface area (Å²) in [4.78, 5) is 11.2. The Labute approximate surface area is 93.7 Å². The van der Waals surface area contributed by atoms with E-state index in [1.165, 1.54) is 6.92 Å². The van der Waals surface area contributed by atoms with Gasteiger partial charge in [0, 0.05) is 17.4 Å². The molecule has 0 atom stereocenters. The minimum absolute atomic E-state index is 0.0271. The van der Waals surface area contributed by atoms with E-state index in [0.29, 0.717) is 11.3 Å². The predicted octanol–water partition coefficient (Wildman–Crippen LogP) is 1.97. The molecule has 2 rings (SSSR count). The second-order valence-electron chi connectivity index (χ2n) is 3.73. The number of hydrogen-bond acceptors (Lipinski definition) is 3. The lowest BCUT2D eigenvalue weighted by atomic mass is 10.1. The Morgan fingerprint density at radius 2 is 2.12 bits per heavy atom. The van der Waals surface area contributed by atoms with Crippen molar-refractivity contribution in [1.29, 1.82) is 0 Å². The highest BCUT2D eigenvalue weighted by Crippen LogP contribution is 2.17. The number of anilines is 1. The zero-order valence-electron chi connectivity index (χ0n) is 9.27. The Morgan fingerprint density at radius 1 is 1.38 bits per heavy atom. The Balaban J connectivity index is 2.45. The van der Waals surface area contributed by atoms with E-state index in [1.54, 1.807) is 16.8 Å². The van der Waals surface area contributed by atoms with Gasteiger partial charge in [-0.15, -0.1) is 0 Å². The fraction of sp³-hybridized carbons (Fsp3) is 0.167. The van der Waals surface area contributed by atoms with Crippen LogP contribution in [-0.4, -0.2) is 15.6 Å². The molecule has 1 heterocycles. The molecule has 16 heavy (non-hydrogen) atoms. The molecule has 2 N–H and O–H groups in total. The average Bonchev–Trinajstić information content (AvgIpc) is 2.64. The van der Waals surface area contributed by atoms with Gasteiger partial charge in [0.25, 0.3) is 0 Å². The molecule has 0 fully saturated rings. The third-order valence-corrected chi connectivity index (χ3v) is 2.40. The molecule has 0 aliphatic heterocycles. The Hall–Kier alpha value is -2.10. The Morgan fingerprint density at radius 3 is 2.62 bits per heavy atom. The van der Waals surface area contributed by atoms with Gasteiger partial charge in [0.2, 0.25) is 0 Å². The quantitative estimate of drug-likeness (QED) is 0.615. The van der Waals surface area contributed by atoms with Crippen molar-refractivity contribution in [2.45, 2.75) is 13.8 Å². The molecule has 0 saturated heterocycles. The zero-order valence-corrected chi connectivity index (χ0v) is 9.27. The highest BCUT2D eigenvalue weighted by molar-refractivity contribution is 5.99. The van der Waals surface area contributed by atoms with E-state index in [4.69, 9.17) is 5.73 Å². The number of carbonyl (C=O) groups excluding carboxylic acids is 1. The number of aromatic nitrogens is 2. The monoisotopic (exact) mass is 215 g/mol. The summed E-state index contributed by atoms with van der Waals surface area (Å²) in [5.41, 5.74) is 8.63. The van der Waals surface area contributed by atoms with Crippen molar-refractivity contribution in [3.8, 4) is 5.69 Å². The average molecular weight is 215 g/mol. The fourth-order valence-electron chi connectivity index (χ4n) is 1.57. The van der Waals surface area contributed by atoms with E-state index in [9.17, 15) is 4.79 Å². The summed E-state index contributed by atoms with van der Waals surface area (Å²) >= 11 is 0. The molecular formula is C12H13N3O. The molecule has 0 bridgehead atoms. The number of Topliss-reactive ketones (excluding diaryl/α,β-unsaturated/α-hetero) is 1. The van der Waals surface area contributed by atoms with Crippen molar-refractivity contribution in [3.05, 3.63) is 41.7 Å². The molecule has 1 aromatic carbocycles. The van der Waals surface area contributed by atoms with E-state index in [0.717, 1.165) is 11.4 Å². The van der Waals surface area contributed by atoms with E-state index in [1.807, 2.05) is 25.3 Å². The molecule has 4 heteroatoms. The first-order valence-electron chi connectivity index (χ1n) is 5.01. The van der Waals surface area contributed by atoms with Gasteiger partial charge >= 0.3 is 0 Å². The third-order valence-electron chi connectivity index (χ3n) is 2.40. The summed E-state index contributed by atoms with van der Waals surface area (Å²) in [6, 6.07) is 7.22. The predicted molar refractivity (Wildman–Crippen MR) is 62.7 cm³/mol. The van der Waals surface area contributed by atoms with Gasteiger partial charge < -0.3 is 5.73 Å². The topological polar surface area (TPSA) is 60.9 Å². The lowest BCUT2D eigenvalue weighted by molar-refractivity contribution is 0.101. The highest BCUT2D eigenvalue weighted by Gasteiger charge is 2.06. The molecule has 0 aliphatic rings. The van der Waals surface area contributed by atoms with E-state index in [2.05, 4.69) is 5.10 Å². The molecule has 0 spiro atoms. The molecule has 0 radical (unpaired) electrons. The van der Waals surface area contributed by atoms with E-state index < -0.39 is 0 Å². The molecule has 2 aromatic rings. The minimum Gasteiger partial charge on any atom is -0.398 e. The van der Waals surface area contributed by atoms with Crippen LogP contribution in [-0.2, 0) is 0 Å². The summed E-state index contributed by atoms with van der Waals surface area (Å²) in [7, 11) is 0. The van der Waals surface area contributed by atoms with Crippen molar-refractivity contribution in [2.24, 2.45) is 0 Å². The molecule has 0 amide bonds. The molecule has 82 valence electrons. The van der Waals surface area contributed by atoms with Gasteiger partial charge in [0.1, 0.15) is 0 Å². The number of benzene rings is 1. The number of nitrogens with two attached hydrogens (primary N) is 1. The van der Waals surface area contributed by atoms with Crippen LogP contribution < -0.4 is 5.73 Å². The second kappa shape index (κ2) is 3.81. The highest BCUT2D eigenvalue weighted by atomic mass is 16.1. The molecular weight excluding hydrogens is 202 g/mol. The van der Waals surface area contributed by atoms with Gasteiger partial charge in [-0.3, -0.25) is 4.79 Å². The first kappa shape index (κ1) is 10.4. The van der Waals surface area contributed by atoms with E-state index in [-0.39, 0.29) is 5.78 Å². The summed E-state index contributed by atoms with van der Waals surface area (Å²) in [5, 5.41) is 4.27. The standard InChI is InChI=1S/C12H13N3O/c1-8-5-6-15(14-8)10-3-4-11(9(2)16)12(13)7-10/h3-7H,13H2,1-2H3. The molecule has 0 unspecified atom stereocenters. The van der Waals surface area contributed by atoms with Gasteiger partial charge in [0.05, 0.1) is 11.4 Å². The Bertz CT molecular complexity index is 543. The zero-order chi connectivity index (χ0) is 11.7. The molecule has 0 saturated carbocycles. The van der Waals surface area contributed by atoms with Crippen LogP contribution in [0.4, 0.5) is 5.69 Å². The lowest BCUT2D eigenvalue weighted by Gasteiger charge is -2.05. The van der Waals surface area contributed by atoms with Crippen LogP contribution >= 0.6 is 0 Å². The largest absolute Gasteiger partial charge is 0.398 e. The summed E-state index contributed by atoms with van der Waals surface area (Å²) in [5.74, 6) is -0.0271. The van der Waals surface area contributed by atoms with E-state index >= 15 is 0 Å². The number of carbonyl (C=O) groups is 1. The van der Waals surface area contributed by atoms with Crippen LogP contribution in [0.15, 0.2) is 30.5 Å². The van der Waals surface area contributed by atoms with Crippen LogP contribution in [0.25, 0.3) is 5.69 Å². The van der Waals surface area contributed by atoms with Crippen molar-refractivity contribution < 1.29 is 4.79 Å². The fourth-order valence-corrected chi connectivity index (χ4v) is 1.57. The van der Waals surface area contributed by atoms with Crippen LogP contribution in [0.1, 0.15) is 23.0 Å². The minimum atomic E-state index is -0.0271. The summed E-state index contributed by atoms with van der Waals surface area (Å²) in [6.45, 7) is 3.42. The first-order valence-corrected chi connectivity index (χ1v) is 5.01. The SMILES string of the molecule is CC(=O)c1ccc(-n2ccc(C)n2)cc1N. The second-order valence-corrected chi connectivity index (χ2v) is 3.73. The Kier molecular flexibility index (Phi) is 2.48. The maximum absolute atomic E-state index is 11.2. The molecule has 4 nitrogen and oxygen atoms in total. The van der Waals surface area contributed by atoms with Crippen LogP contribution in [0.3, 0.4) is 0 Å². The van der Waals surface area contributed by atoms with Crippen molar-refractivity contribution >= 4 is 11.5 Å². The number of nitrogens with zero attached hydrogens (tertiary/aromatic N) is 2. The van der Waals surface area contributed by atoms with Crippen molar-refractivity contribution in [1.82, 2.24) is 9.78 Å². The summed E-state index contributed by atoms with van der Waals surface area (Å²) in [6.07, 6.45) is 1.86. The number of hydrogen-bond donors (Lipinski definition) is 1. The van der Waals surface area contributed by atoms with Gasteiger partial charge in [-0.05, 0) is 38.1 Å².